The number of esters is 1. The van der Waals surface area contributed by atoms with Crippen molar-refractivity contribution in [2.24, 2.45) is 0 Å². The zero-order valence-corrected chi connectivity index (χ0v) is 17.7. The third kappa shape index (κ3) is 7.76. The van der Waals surface area contributed by atoms with Crippen molar-refractivity contribution < 1.29 is 14.3 Å². The largest absolute Gasteiger partial charge is 0.463 e. The van der Waals surface area contributed by atoms with E-state index < -0.39 is 5.97 Å². The van der Waals surface area contributed by atoms with Gasteiger partial charge in [0, 0.05) is 22.5 Å². The average molecular weight is 432 g/mol. The predicted octanol–water partition coefficient (Wildman–Crippen LogP) is 5.38. The fraction of sp³-hybridized carbons (Fsp3) is 0.217. The summed E-state index contributed by atoms with van der Waals surface area (Å²) in [6.07, 6.45) is 5.24. The third-order valence-corrected chi connectivity index (χ3v) is 4.47. The van der Waals surface area contributed by atoms with E-state index in [4.69, 9.17) is 27.9 Å². The van der Waals surface area contributed by atoms with Crippen LogP contribution in [-0.4, -0.2) is 24.5 Å². The summed E-state index contributed by atoms with van der Waals surface area (Å²) in [5, 5.41) is 4.03. The molecule has 0 aliphatic heterocycles. The molecule has 0 heterocycles. The Morgan fingerprint density at radius 2 is 1.76 bits per heavy atom. The van der Waals surface area contributed by atoms with E-state index in [2.05, 4.69) is 11.9 Å². The summed E-state index contributed by atoms with van der Waals surface area (Å²) in [7, 11) is 0. The molecule has 0 saturated carbocycles. The van der Waals surface area contributed by atoms with E-state index in [1.54, 1.807) is 19.1 Å². The van der Waals surface area contributed by atoms with Gasteiger partial charge in [-0.2, -0.15) is 0 Å². The summed E-state index contributed by atoms with van der Waals surface area (Å²) in [6.45, 7) is 5.61. The van der Waals surface area contributed by atoms with Crippen LogP contribution < -0.4 is 5.32 Å². The maximum Gasteiger partial charge on any atom is 0.330 e. The maximum absolute atomic E-state index is 12.0. The summed E-state index contributed by atoms with van der Waals surface area (Å²) in [5.41, 5.74) is 2.90. The van der Waals surface area contributed by atoms with E-state index in [-0.39, 0.29) is 18.4 Å². The van der Waals surface area contributed by atoms with E-state index in [1.807, 2.05) is 36.4 Å². The Labute approximate surface area is 181 Å². The summed E-state index contributed by atoms with van der Waals surface area (Å²) < 4.78 is 4.90. The lowest BCUT2D eigenvalue weighted by Crippen LogP contribution is -2.34. The summed E-state index contributed by atoms with van der Waals surface area (Å²) >= 11 is 12.2. The van der Waals surface area contributed by atoms with Crippen LogP contribution in [0.1, 0.15) is 18.9 Å². The molecular weight excluding hydrogens is 409 g/mol. The van der Waals surface area contributed by atoms with Crippen molar-refractivity contribution in [2.45, 2.75) is 25.8 Å². The van der Waals surface area contributed by atoms with Gasteiger partial charge >= 0.3 is 5.97 Å². The Kier molecular flexibility index (Phi) is 8.97. The van der Waals surface area contributed by atoms with Gasteiger partial charge in [0.25, 0.3) is 0 Å². The number of halogens is 2. The van der Waals surface area contributed by atoms with Crippen LogP contribution in [0.25, 0.3) is 11.1 Å². The molecule has 0 unspecified atom stereocenters. The normalized spacial score (nSPS) is 11.8. The first-order valence-electron chi connectivity index (χ1n) is 9.22. The molecule has 2 aromatic carbocycles. The number of hydrogen-bond donors (Lipinski definition) is 1. The topological polar surface area (TPSA) is 55.4 Å². The highest BCUT2D eigenvalue weighted by atomic mass is 35.5. The first-order valence-corrected chi connectivity index (χ1v) is 9.97. The Bertz CT molecular complexity index is 871. The molecule has 0 aliphatic carbocycles. The van der Waals surface area contributed by atoms with Crippen molar-refractivity contribution in [3.63, 3.8) is 0 Å². The Balaban J connectivity index is 2.15. The predicted molar refractivity (Wildman–Crippen MR) is 118 cm³/mol. The van der Waals surface area contributed by atoms with Crippen LogP contribution in [0.4, 0.5) is 0 Å². The second-order valence-electron chi connectivity index (χ2n) is 6.34. The van der Waals surface area contributed by atoms with Crippen LogP contribution in [0.15, 0.2) is 67.3 Å². The minimum Gasteiger partial charge on any atom is -0.463 e. The van der Waals surface area contributed by atoms with Gasteiger partial charge in [-0.05, 0) is 48.2 Å². The van der Waals surface area contributed by atoms with Crippen LogP contribution in [0.2, 0.25) is 10.0 Å². The number of ether oxygens (including phenoxy) is 1. The smallest absolute Gasteiger partial charge is 0.330 e. The number of hydrogen-bond acceptors (Lipinski definition) is 3. The lowest BCUT2D eigenvalue weighted by atomic mass is 10.00. The molecule has 0 spiro atoms. The number of rotatable bonds is 9. The molecule has 1 atom stereocenters. The second kappa shape index (κ2) is 11.4. The molecule has 1 N–H and O–H groups in total. The lowest BCUT2D eigenvalue weighted by molar-refractivity contribution is -0.137. The van der Waals surface area contributed by atoms with Crippen molar-refractivity contribution in [1.82, 2.24) is 5.32 Å². The quantitative estimate of drug-likeness (QED) is 0.329. The molecular formula is C23H23Cl2NO3. The molecule has 2 aromatic rings. The van der Waals surface area contributed by atoms with Gasteiger partial charge in [-0.15, -0.1) is 6.58 Å². The number of benzene rings is 2. The van der Waals surface area contributed by atoms with Crippen LogP contribution in [0.3, 0.4) is 0 Å². The molecule has 0 aromatic heterocycles. The molecule has 2 rings (SSSR count). The van der Waals surface area contributed by atoms with Gasteiger partial charge in [0.2, 0.25) is 5.91 Å². The fourth-order valence-electron chi connectivity index (χ4n) is 2.76. The lowest BCUT2D eigenvalue weighted by Gasteiger charge is -2.15. The van der Waals surface area contributed by atoms with Crippen molar-refractivity contribution in [2.75, 3.05) is 6.61 Å². The van der Waals surface area contributed by atoms with Gasteiger partial charge < -0.3 is 10.1 Å². The average Bonchev–Trinajstić information content (AvgIpc) is 2.66. The van der Waals surface area contributed by atoms with Gasteiger partial charge in [0.1, 0.15) is 0 Å². The molecule has 29 heavy (non-hydrogen) atoms. The molecule has 0 bridgehead atoms. The van der Waals surface area contributed by atoms with Crippen molar-refractivity contribution in [3.8, 4) is 11.1 Å². The van der Waals surface area contributed by atoms with Gasteiger partial charge in [0.15, 0.2) is 0 Å². The van der Waals surface area contributed by atoms with E-state index in [0.717, 1.165) is 16.7 Å². The van der Waals surface area contributed by atoms with E-state index in [0.29, 0.717) is 23.1 Å². The van der Waals surface area contributed by atoms with Crippen LogP contribution in [0, 0.1) is 0 Å². The number of carbonyl (C=O) groups excluding carboxylic acids is 2. The molecule has 6 heteroatoms. The van der Waals surface area contributed by atoms with Gasteiger partial charge in [-0.25, -0.2) is 4.79 Å². The Morgan fingerprint density at radius 1 is 1.10 bits per heavy atom. The van der Waals surface area contributed by atoms with Gasteiger partial charge in [0.05, 0.1) is 12.6 Å². The highest BCUT2D eigenvalue weighted by molar-refractivity contribution is 6.35. The number of carbonyl (C=O) groups is 2. The molecule has 0 radical (unpaired) electrons. The first-order chi connectivity index (χ1) is 13.9. The molecule has 152 valence electrons. The standard InChI is InChI=1S/C23H23Cl2NO3/c1-3-5-22(27)26-21(10-11-23(28)29-4-2)12-16-6-8-17(9-7-16)18-13-19(24)15-20(25)14-18/h3,6-11,13-15,21H,1,4-5,12H2,2H3,(H,26,27)/b11-10+/t21-/m0/s1. The zero-order chi connectivity index (χ0) is 21.2. The zero-order valence-electron chi connectivity index (χ0n) is 16.2. The van der Waals surface area contributed by atoms with Crippen LogP contribution in [-0.2, 0) is 20.7 Å². The van der Waals surface area contributed by atoms with E-state index >= 15 is 0 Å². The monoisotopic (exact) mass is 431 g/mol. The minimum atomic E-state index is -0.441. The van der Waals surface area contributed by atoms with Crippen LogP contribution >= 0.6 is 23.2 Å². The Hall–Kier alpha value is -2.56. The van der Waals surface area contributed by atoms with Crippen molar-refractivity contribution in [1.29, 1.82) is 0 Å². The molecule has 0 aliphatic rings. The minimum absolute atomic E-state index is 0.163. The van der Waals surface area contributed by atoms with Gasteiger partial charge in [-0.3, -0.25) is 4.79 Å². The maximum atomic E-state index is 12.0. The molecule has 0 saturated heterocycles. The Morgan fingerprint density at radius 3 is 2.34 bits per heavy atom. The van der Waals surface area contributed by atoms with Crippen molar-refractivity contribution in [3.05, 3.63) is 82.9 Å². The van der Waals surface area contributed by atoms with Gasteiger partial charge in [-0.1, -0.05) is 59.6 Å². The SMILES string of the molecule is C=CCC(=O)N[C@@H](/C=C/C(=O)OCC)Cc1ccc(-c2cc(Cl)cc(Cl)c2)cc1. The third-order valence-electron chi connectivity index (χ3n) is 4.03. The second-order valence-corrected chi connectivity index (χ2v) is 7.21. The molecule has 4 nitrogen and oxygen atoms in total. The van der Waals surface area contributed by atoms with Crippen LogP contribution in [0.5, 0.6) is 0 Å². The van der Waals surface area contributed by atoms with E-state index in [1.165, 1.54) is 12.2 Å². The molecule has 1 amide bonds. The number of amides is 1. The highest BCUT2D eigenvalue weighted by Gasteiger charge is 2.11. The fourth-order valence-corrected chi connectivity index (χ4v) is 3.28. The first kappa shape index (κ1) is 22.7. The van der Waals surface area contributed by atoms with E-state index in [9.17, 15) is 9.59 Å². The summed E-state index contributed by atoms with van der Waals surface area (Å²) in [4.78, 5) is 23.6. The molecule has 0 fully saturated rings. The summed E-state index contributed by atoms with van der Waals surface area (Å²) in [5.74, 6) is -0.604. The highest BCUT2D eigenvalue weighted by Crippen LogP contribution is 2.27. The number of nitrogens with one attached hydrogen (secondary N) is 1. The summed E-state index contributed by atoms with van der Waals surface area (Å²) in [6, 6.07) is 12.9. The van der Waals surface area contributed by atoms with Crippen molar-refractivity contribution >= 4 is 35.1 Å².